The molecular weight excluding hydrogens is 272 g/mol. The molecule has 2 heterocycles. The Morgan fingerprint density at radius 1 is 1.50 bits per heavy atom. The quantitative estimate of drug-likeness (QED) is 0.925. The number of hydrogen-bond acceptors (Lipinski definition) is 4. The van der Waals surface area contributed by atoms with Crippen LogP contribution in [-0.4, -0.2) is 35.1 Å². The SMILES string of the molecule is CCOC1CC(N2C(=O)C3(CC3)NC2c2cccs2)C1. The summed E-state index contributed by atoms with van der Waals surface area (Å²) in [5, 5.41) is 5.67. The second-order valence-electron chi connectivity index (χ2n) is 6.06. The Balaban J connectivity index is 1.54. The fourth-order valence-corrected chi connectivity index (χ4v) is 4.18. The van der Waals surface area contributed by atoms with Crippen LogP contribution in [0.25, 0.3) is 0 Å². The van der Waals surface area contributed by atoms with Gasteiger partial charge >= 0.3 is 0 Å². The Morgan fingerprint density at radius 3 is 2.90 bits per heavy atom. The normalized spacial score (nSPS) is 34.5. The average molecular weight is 292 g/mol. The van der Waals surface area contributed by atoms with Gasteiger partial charge in [-0.05, 0) is 44.1 Å². The highest BCUT2D eigenvalue weighted by atomic mass is 32.1. The van der Waals surface area contributed by atoms with Gasteiger partial charge < -0.3 is 9.64 Å². The fourth-order valence-electron chi connectivity index (χ4n) is 3.41. The lowest BCUT2D eigenvalue weighted by Gasteiger charge is -2.42. The number of carbonyl (C=O) groups is 1. The summed E-state index contributed by atoms with van der Waals surface area (Å²) in [6.07, 6.45) is 4.38. The van der Waals surface area contributed by atoms with Crippen LogP contribution in [0.1, 0.15) is 43.6 Å². The lowest BCUT2D eigenvalue weighted by molar-refractivity contribution is -0.139. The van der Waals surface area contributed by atoms with Crippen molar-refractivity contribution in [2.45, 2.75) is 56.5 Å². The summed E-state index contributed by atoms with van der Waals surface area (Å²) in [7, 11) is 0. The van der Waals surface area contributed by atoms with E-state index in [4.69, 9.17) is 4.74 Å². The van der Waals surface area contributed by atoms with Crippen LogP contribution in [0.15, 0.2) is 17.5 Å². The van der Waals surface area contributed by atoms with E-state index in [9.17, 15) is 4.79 Å². The number of rotatable bonds is 4. The van der Waals surface area contributed by atoms with Crippen LogP contribution in [-0.2, 0) is 9.53 Å². The van der Waals surface area contributed by atoms with Crippen molar-refractivity contribution in [3.63, 3.8) is 0 Å². The van der Waals surface area contributed by atoms with Crippen molar-refractivity contribution in [2.24, 2.45) is 0 Å². The molecule has 2 aliphatic carbocycles. The molecule has 0 aromatic carbocycles. The van der Waals surface area contributed by atoms with Gasteiger partial charge in [-0.15, -0.1) is 11.3 Å². The van der Waals surface area contributed by atoms with E-state index in [1.165, 1.54) is 4.88 Å². The first-order chi connectivity index (χ1) is 9.73. The minimum absolute atomic E-state index is 0.0811. The minimum atomic E-state index is -0.231. The number of carbonyl (C=O) groups excluding carboxylic acids is 1. The molecule has 1 aliphatic heterocycles. The molecular formula is C15H20N2O2S. The van der Waals surface area contributed by atoms with Crippen molar-refractivity contribution < 1.29 is 9.53 Å². The molecule has 1 atom stereocenters. The Morgan fingerprint density at radius 2 is 2.30 bits per heavy atom. The summed E-state index contributed by atoms with van der Waals surface area (Å²) in [5.74, 6) is 0.316. The largest absolute Gasteiger partial charge is 0.378 e. The van der Waals surface area contributed by atoms with Crippen LogP contribution in [0, 0.1) is 0 Å². The monoisotopic (exact) mass is 292 g/mol. The molecule has 20 heavy (non-hydrogen) atoms. The van der Waals surface area contributed by atoms with Crippen molar-refractivity contribution in [3.05, 3.63) is 22.4 Å². The molecule has 1 spiro atoms. The molecule has 4 rings (SSSR count). The van der Waals surface area contributed by atoms with Gasteiger partial charge in [0.2, 0.25) is 5.91 Å². The van der Waals surface area contributed by atoms with E-state index in [1.54, 1.807) is 11.3 Å². The summed E-state index contributed by atoms with van der Waals surface area (Å²) < 4.78 is 5.64. The number of nitrogens with one attached hydrogen (secondary N) is 1. The molecule has 0 radical (unpaired) electrons. The van der Waals surface area contributed by atoms with Gasteiger partial charge in [0.25, 0.3) is 0 Å². The van der Waals surface area contributed by atoms with Crippen LogP contribution < -0.4 is 5.32 Å². The molecule has 108 valence electrons. The molecule has 1 aromatic heterocycles. The second kappa shape index (κ2) is 4.55. The zero-order chi connectivity index (χ0) is 13.7. The van der Waals surface area contributed by atoms with Gasteiger partial charge in [0, 0.05) is 17.5 Å². The second-order valence-corrected chi connectivity index (χ2v) is 7.04. The topological polar surface area (TPSA) is 41.6 Å². The number of thiophene rings is 1. The Labute approximate surface area is 123 Å². The van der Waals surface area contributed by atoms with Crippen LogP contribution in [0.2, 0.25) is 0 Å². The first kappa shape index (κ1) is 12.8. The van der Waals surface area contributed by atoms with Gasteiger partial charge in [0.05, 0.1) is 6.10 Å². The van der Waals surface area contributed by atoms with Gasteiger partial charge in [-0.1, -0.05) is 6.07 Å². The number of amides is 1. The highest BCUT2D eigenvalue weighted by Gasteiger charge is 2.61. The summed E-state index contributed by atoms with van der Waals surface area (Å²) in [4.78, 5) is 16.1. The van der Waals surface area contributed by atoms with Crippen molar-refractivity contribution >= 4 is 17.2 Å². The summed E-state index contributed by atoms with van der Waals surface area (Å²) in [5.41, 5.74) is -0.231. The third-order valence-corrected chi connectivity index (χ3v) is 5.69. The molecule has 2 saturated carbocycles. The predicted molar refractivity (Wildman–Crippen MR) is 77.4 cm³/mol. The Kier molecular flexibility index (Phi) is 2.91. The summed E-state index contributed by atoms with van der Waals surface area (Å²) >= 11 is 1.73. The van der Waals surface area contributed by atoms with E-state index >= 15 is 0 Å². The zero-order valence-corrected chi connectivity index (χ0v) is 12.5. The molecule has 3 aliphatic rings. The smallest absolute Gasteiger partial charge is 0.244 e. The van der Waals surface area contributed by atoms with Crippen molar-refractivity contribution in [1.29, 1.82) is 0 Å². The van der Waals surface area contributed by atoms with Gasteiger partial charge in [-0.25, -0.2) is 0 Å². The Bertz CT molecular complexity index is 506. The van der Waals surface area contributed by atoms with Crippen LogP contribution in [0.5, 0.6) is 0 Å². The standard InChI is InChI=1S/C15H20N2O2S/c1-2-19-11-8-10(9-11)17-13(12-4-3-7-20-12)16-15(5-6-15)14(17)18/h3-4,7,10-11,13,16H,2,5-6,8-9H2,1H3. The van der Waals surface area contributed by atoms with Gasteiger partial charge in [-0.2, -0.15) is 0 Å². The maximum Gasteiger partial charge on any atom is 0.244 e. The zero-order valence-electron chi connectivity index (χ0n) is 11.7. The predicted octanol–water partition coefficient (Wildman–Crippen LogP) is 2.28. The van der Waals surface area contributed by atoms with E-state index in [0.29, 0.717) is 18.1 Å². The van der Waals surface area contributed by atoms with E-state index in [1.807, 2.05) is 6.92 Å². The van der Waals surface area contributed by atoms with Crippen molar-refractivity contribution in [1.82, 2.24) is 10.2 Å². The minimum Gasteiger partial charge on any atom is -0.378 e. The van der Waals surface area contributed by atoms with Crippen LogP contribution in [0.3, 0.4) is 0 Å². The fraction of sp³-hybridized carbons (Fsp3) is 0.667. The summed E-state index contributed by atoms with van der Waals surface area (Å²) in [6, 6.07) is 4.54. The van der Waals surface area contributed by atoms with E-state index in [-0.39, 0.29) is 11.7 Å². The lowest BCUT2D eigenvalue weighted by Crippen LogP contribution is -2.50. The van der Waals surface area contributed by atoms with E-state index < -0.39 is 0 Å². The molecule has 3 fully saturated rings. The number of ether oxygens (including phenoxy) is 1. The maximum absolute atomic E-state index is 12.7. The van der Waals surface area contributed by atoms with E-state index in [0.717, 1.165) is 32.3 Å². The highest BCUT2D eigenvalue weighted by molar-refractivity contribution is 7.10. The summed E-state index contributed by atoms with van der Waals surface area (Å²) in [6.45, 7) is 2.80. The van der Waals surface area contributed by atoms with Gasteiger partial charge in [-0.3, -0.25) is 10.1 Å². The molecule has 1 aromatic rings. The molecule has 1 saturated heterocycles. The van der Waals surface area contributed by atoms with Crippen LogP contribution in [0.4, 0.5) is 0 Å². The van der Waals surface area contributed by atoms with Gasteiger partial charge in [0.1, 0.15) is 11.7 Å². The van der Waals surface area contributed by atoms with Crippen molar-refractivity contribution in [3.8, 4) is 0 Å². The molecule has 1 unspecified atom stereocenters. The average Bonchev–Trinajstić information content (AvgIpc) is 2.87. The molecule has 1 amide bonds. The van der Waals surface area contributed by atoms with Crippen molar-refractivity contribution in [2.75, 3.05) is 6.61 Å². The van der Waals surface area contributed by atoms with Gasteiger partial charge in [0.15, 0.2) is 0 Å². The number of nitrogens with zero attached hydrogens (tertiary/aromatic N) is 1. The molecule has 1 N–H and O–H groups in total. The Hall–Kier alpha value is -0.910. The first-order valence-corrected chi connectivity index (χ1v) is 8.37. The third kappa shape index (κ3) is 1.84. The highest BCUT2D eigenvalue weighted by Crippen LogP contribution is 2.49. The lowest BCUT2D eigenvalue weighted by atomic mass is 9.87. The first-order valence-electron chi connectivity index (χ1n) is 7.49. The molecule has 4 nitrogen and oxygen atoms in total. The molecule has 5 heteroatoms. The van der Waals surface area contributed by atoms with E-state index in [2.05, 4.69) is 27.7 Å². The molecule has 0 bridgehead atoms. The maximum atomic E-state index is 12.7. The third-order valence-electron chi connectivity index (χ3n) is 4.76. The number of hydrogen-bond donors (Lipinski definition) is 1. The van der Waals surface area contributed by atoms with Crippen LogP contribution >= 0.6 is 11.3 Å².